The maximum atomic E-state index is 9.66. The number of nitrogens with zero attached hydrogens (tertiary/aromatic N) is 1. The molecule has 2 rings (SSSR count). The smallest absolute Gasteiger partial charge is 0.128 e. The molecule has 19 heavy (non-hydrogen) atoms. The van der Waals surface area contributed by atoms with Gasteiger partial charge in [0.25, 0.3) is 0 Å². The van der Waals surface area contributed by atoms with Gasteiger partial charge in [-0.15, -0.1) is 0 Å². The highest BCUT2D eigenvalue weighted by atomic mass is 16.5. The highest BCUT2D eigenvalue weighted by Gasteiger charge is 2.26. The molecule has 1 atom stereocenters. The Morgan fingerprint density at radius 1 is 1.37 bits per heavy atom. The summed E-state index contributed by atoms with van der Waals surface area (Å²) in [6.07, 6.45) is 7.88. The molecule has 1 unspecified atom stereocenters. The van der Waals surface area contributed by atoms with E-state index in [1.54, 1.807) is 7.11 Å². The third-order valence-corrected chi connectivity index (χ3v) is 4.51. The van der Waals surface area contributed by atoms with Crippen LogP contribution >= 0.6 is 0 Å². The van der Waals surface area contributed by atoms with Crippen LogP contribution in [0.25, 0.3) is 0 Å². The summed E-state index contributed by atoms with van der Waals surface area (Å²) in [5.74, 6) is 1.95. The second-order valence-corrected chi connectivity index (χ2v) is 5.74. The minimum Gasteiger partial charge on any atom is -0.496 e. The van der Waals surface area contributed by atoms with Gasteiger partial charge >= 0.3 is 0 Å². The van der Waals surface area contributed by atoms with E-state index in [4.69, 9.17) is 4.74 Å². The summed E-state index contributed by atoms with van der Waals surface area (Å²) in [5, 5.41) is 9.66. The van der Waals surface area contributed by atoms with Crippen molar-refractivity contribution in [1.29, 1.82) is 0 Å². The molecule has 1 aromatic rings. The zero-order valence-electron chi connectivity index (χ0n) is 12.3. The molecule has 0 bridgehead atoms. The van der Waals surface area contributed by atoms with E-state index in [9.17, 15) is 5.11 Å². The molecule has 1 fully saturated rings. The van der Waals surface area contributed by atoms with Gasteiger partial charge in [0.2, 0.25) is 0 Å². The molecule has 0 saturated heterocycles. The lowest BCUT2D eigenvalue weighted by Crippen LogP contribution is -2.20. The number of aryl methyl sites for hydroxylation is 1. The summed E-state index contributed by atoms with van der Waals surface area (Å²) >= 11 is 0. The molecular formula is C16H25NO2. The fourth-order valence-electron chi connectivity index (χ4n) is 3.33. The van der Waals surface area contributed by atoms with Crippen molar-refractivity contribution in [1.82, 2.24) is 4.98 Å². The van der Waals surface area contributed by atoms with Crippen molar-refractivity contribution < 1.29 is 9.84 Å². The number of methoxy groups -OCH3 is 1. The molecule has 0 aromatic carbocycles. The highest BCUT2D eigenvalue weighted by molar-refractivity contribution is 5.41. The fraction of sp³-hybridized carbons (Fsp3) is 0.688. The lowest BCUT2D eigenvalue weighted by molar-refractivity contribution is 0.174. The Balaban J connectivity index is 2.17. The van der Waals surface area contributed by atoms with E-state index in [1.165, 1.54) is 25.7 Å². The molecule has 3 nitrogen and oxygen atoms in total. The summed E-state index contributed by atoms with van der Waals surface area (Å²) in [7, 11) is 1.71. The number of rotatable bonds is 5. The van der Waals surface area contributed by atoms with Gasteiger partial charge in [-0.3, -0.25) is 4.98 Å². The Bertz CT molecular complexity index is 425. The van der Waals surface area contributed by atoms with Crippen LogP contribution in [0.2, 0.25) is 0 Å². The Morgan fingerprint density at radius 2 is 2.05 bits per heavy atom. The van der Waals surface area contributed by atoms with Crippen molar-refractivity contribution in [3.63, 3.8) is 0 Å². The van der Waals surface area contributed by atoms with Crippen molar-refractivity contribution in [2.45, 2.75) is 46.0 Å². The van der Waals surface area contributed by atoms with Gasteiger partial charge in [0.15, 0.2) is 0 Å². The number of ether oxygens (including phenoxy) is 1. The minimum atomic E-state index is 0.266. The van der Waals surface area contributed by atoms with E-state index >= 15 is 0 Å². The highest BCUT2D eigenvalue weighted by Crippen LogP contribution is 2.34. The van der Waals surface area contributed by atoms with E-state index in [0.29, 0.717) is 11.8 Å². The molecule has 0 radical (unpaired) electrons. The molecule has 3 heteroatoms. The lowest BCUT2D eigenvalue weighted by Gasteiger charge is -2.22. The quantitative estimate of drug-likeness (QED) is 0.888. The first-order valence-electron chi connectivity index (χ1n) is 7.27. The SMILES string of the molecule is COc1c(C)cnc(CC(CO)C2CCCC2)c1C. The van der Waals surface area contributed by atoms with Gasteiger partial charge in [0, 0.05) is 29.6 Å². The summed E-state index contributed by atoms with van der Waals surface area (Å²) in [5.41, 5.74) is 3.28. The van der Waals surface area contributed by atoms with Gasteiger partial charge in [-0.2, -0.15) is 0 Å². The van der Waals surface area contributed by atoms with Crippen LogP contribution in [0, 0.1) is 25.7 Å². The van der Waals surface area contributed by atoms with Crippen LogP contribution in [0.3, 0.4) is 0 Å². The van der Waals surface area contributed by atoms with Gasteiger partial charge in [0.05, 0.1) is 7.11 Å². The molecule has 1 heterocycles. The molecule has 1 aliphatic rings. The van der Waals surface area contributed by atoms with E-state index < -0.39 is 0 Å². The Labute approximate surface area is 116 Å². The first-order chi connectivity index (χ1) is 9.17. The lowest BCUT2D eigenvalue weighted by atomic mass is 9.86. The summed E-state index contributed by atoms with van der Waals surface area (Å²) in [6, 6.07) is 0. The third-order valence-electron chi connectivity index (χ3n) is 4.51. The van der Waals surface area contributed by atoms with E-state index in [2.05, 4.69) is 11.9 Å². The molecule has 1 aromatic heterocycles. The van der Waals surface area contributed by atoms with E-state index in [-0.39, 0.29) is 6.61 Å². The Kier molecular flexibility index (Phi) is 4.81. The molecular weight excluding hydrogens is 238 g/mol. The van der Waals surface area contributed by atoms with Crippen molar-refractivity contribution in [3.05, 3.63) is 23.0 Å². The third kappa shape index (κ3) is 3.08. The van der Waals surface area contributed by atoms with Crippen LogP contribution in [0.15, 0.2) is 6.20 Å². The fourth-order valence-corrected chi connectivity index (χ4v) is 3.33. The van der Waals surface area contributed by atoms with E-state index in [1.807, 2.05) is 13.1 Å². The van der Waals surface area contributed by atoms with Gasteiger partial charge in [-0.05, 0) is 32.1 Å². The largest absolute Gasteiger partial charge is 0.496 e. The second-order valence-electron chi connectivity index (χ2n) is 5.74. The van der Waals surface area contributed by atoms with Crippen LogP contribution in [-0.2, 0) is 6.42 Å². The second kappa shape index (κ2) is 6.38. The zero-order chi connectivity index (χ0) is 13.8. The van der Waals surface area contributed by atoms with Crippen LogP contribution in [0.5, 0.6) is 5.75 Å². The van der Waals surface area contributed by atoms with Crippen LogP contribution < -0.4 is 4.74 Å². The monoisotopic (exact) mass is 263 g/mol. The number of aliphatic hydroxyl groups excluding tert-OH is 1. The van der Waals surface area contributed by atoms with Gasteiger partial charge < -0.3 is 9.84 Å². The topological polar surface area (TPSA) is 42.4 Å². The molecule has 1 N–H and O–H groups in total. The maximum Gasteiger partial charge on any atom is 0.128 e. The summed E-state index contributed by atoms with van der Waals surface area (Å²) in [4.78, 5) is 4.55. The van der Waals surface area contributed by atoms with Gasteiger partial charge in [-0.25, -0.2) is 0 Å². The van der Waals surface area contributed by atoms with Crippen molar-refractivity contribution in [3.8, 4) is 5.75 Å². The molecule has 1 aliphatic carbocycles. The molecule has 0 amide bonds. The van der Waals surface area contributed by atoms with Gasteiger partial charge in [-0.1, -0.05) is 25.7 Å². The molecule has 1 saturated carbocycles. The number of aliphatic hydroxyl groups is 1. The van der Waals surface area contributed by atoms with E-state index in [0.717, 1.165) is 29.0 Å². The Hall–Kier alpha value is -1.09. The normalized spacial score (nSPS) is 17.7. The van der Waals surface area contributed by atoms with Crippen LogP contribution in [0.1, 0.15) is 42.5 Å². The molecule has 0 spiro atoms. The predicted molar refractivity (Wildman–Crippen MR) is 76.5 cm³/mol. The van der Waals surface area contributed by atoms with Crippen molar-refractivity contribution in [2.24, 2.45) is 11.8 Å². The molecule has 0 aliphatic heterocycles. The average molecular weight is 263 g/mol. The zero-order valence-corrected chi connectivity index (χ0v) is 12.3. The summed E-state index contributed by atoms with van der Waals surface area (Å²) in [6.45, 7) is 4.35. The standard InChI is InChI=1S/C16H25NO2/c1-11-9-17-15(12(2)16(11)19-3)8-14(10-18)13-6-4-5-7-13/h9,13-14,18H,4-8,10H2,1-3H3. The Morgan fingerprint density at radius 3 is 2.63 bits per heavy atom. The van der Waals surface area contributed by atoms with Crippen LogP contribution in [0.4, 0.5) is 0 Å². The van der Waals surface area contributed by atoms with Crippen LogP contribution in [-0.4, -0.2) is 23.8 Å². The number of aromatic nitrogens is 1. The average Bonchev–Trinajstić information content (AvgIpc) is 2.92. The minimum absolute atomic E-state index is 0.266. The number of hydrogen-bond acceptors (Lipinski definition) is 3. The van der Waals surface area contributed by atoms with Crippen molar-refractivity contribution >= 4 is 0 Å². The van der Waals surface area contributed by atoms with Gasteiger partial charge in [0.1, 0.15) is 5.75 Å². The number of hydrogen-bond donors (Lipinski definition) is 1. The predicted octanol–water partition coefficient (Wildman–Crippen LogP) is 3.05. The van der Waals surface area contributed by atoms with Crippen molar-refractivity contribution in [2.75, 3.05) is 13.7 Å². The summed E-state index contributed by atoms with van der Waals surface area (Å²) < 4.78 is 5.45. The maximum absolute atomic E-state index is 9.66. The molecule has 106 valence electrons. The first kappa shape index (κ1) is 14.3. The first-order valence-corrected chi connectivity index (χ1v) is 7.27. The number of pyridine rings is 1.